The molecule has 0 radical (unpaired) electrons. The molecule has 0 amide bonds. The maximum absolute atomic E-state index is 10.5. The summed E-state index contributed by atoms with van der Waals surface area (Å²) < 4.78 is 0. The molecule has 1 aliphatic rings. The first kappa shape index (κ1) is 15.4. The third-order valence-electron chi connectivity index (χ3n) is 4.24. The molecule has 6 heteroatoms. The monoisotopic (exact) mass is 284 g/mol. The summed E-state index contributed by atoms with van der Waals surface area (Å²) >= 11 is 0. The lowest BCUT2D eigenvalue weighted by atomic mass is 9.51. The fourth-order valence-electron chi connectivity index (χ4n) is 3.03. The molecule has 1 aromatic rings. The second kappa shape index (κ2) is 5.07. The number of aliphatic hydroxyl groups is 6. The topological polar surface area (TPSA) is 121 Å². The quantitative estimate of drug-likeness (QED) is 0.390. The molecular formula is C14H20O6. The van der Waals surface area contributed by atoms with E-state index < -0.39 is 42.5 Å². The molecule has 0 heterocycles. The predicted molar refractivity (Wildman–Crippen MR) is 70.0 cm³/mol. The molecule has 0 aromatic heterocycles. The fraction of sp³-hybridized carbons (Fsp3) is 0.571. The van der Waals surface area contributed by atoms with E-state index in [0.29, 0.717) is 5.56 Å². The molecule has 1 saturated carbocycles. The first-order valence-electron chi connectivity index (χ1n) is 6.41. The molecule has 0 spiro atoms. The number of hydrogen-bond acceptors (Lipinski definition) is 6. The van der Waals surface area contributed by atoms with Crippen molar-refractivity contribution in [1.29, 1.82) is 0 Å². The first-order valence-corrected chi connectivity index (χ1v) is 6.41. The van der Waals surface area contributed by atoms with Crippen molar-refractivity contribution in [2.45, 2.75) is 36.3 Å². The van der Waals surface area contributed by atoms with Gasteiger partial charge in [-0.25, -0.2) is 0 Å². The standard InChI is InChI=1S/C14H20O6/c1-8-2-4-9(5-3-8)11-13(19,7-16)12(18)14(11,20)10(17)6-15/h2-5,10-12,15-20H,6-7H2,1H3/t10-,11?,12-,13-,14+/m1/s1. The van der Waals surface area contributed by atoms with Crippen LogP contribution in [0.3, 0.4) is 0 Å². The van der Waals surface area contributed by atoms with Gasteiger partial charge in [-0.15, -0.1) is 0 Å². The van der Waals surface area contributed by atoms with Crippen LogP contribution in [0, 0.1) is 6.92 Å². The van der Waals surface area contributed by atoms with Crippen LogP contribution in [-0.4, -0.2) is 67.3 Å². The molecule has 0 saturated heterocycles. The molecule has 1 fully saturated rings. The smallest absolute Gasteiger partial charge is 0.131 e. The average molecular weight is 284 g/mol. The van der Waals surface area contributed by atoms with Crippen molar-refractivity contribution in [3.8, 4) is 0 Å². The summed E-state index contributed by atoms with van der Waals surface area (Å²) in [5.74, 6) is -1.10. The maximum atomic E-state index is 10.5. The van der Waals surface area contributed by atoms with E-state index in [9.17, 15) is 25.5 Å². The Hall–Kier alpha value is -1.02. The average Bonchev–Trinajstić information content (AvgIpc) is 2.47. The summed E-state index contributed by atoms with van der Waals surface area (Å²) in [5.41, 5.74) is -2.64. The van der Waals surface area contributed by atoms with Crippen molar-refractivity contribution in [1.82, 2.24) is 0 Å². The first-order chi connectivity index (χ1) is 9.32. The summed E-state index contributed by atoms with van der Waals surface area (Å²) in [7, 11) is 0. The van der Waals surface area contributed by atoms with Gasteiger partial charge < -0.3 is 30.6 Å². The van der Waals surface area contributed by atoms with Gasteiger partial charge in [0.05, 0.1) is 19.1 Å². The van der Waals surface area contributed by atoms with Crippen LogP contribution in [0.25, 0.3) is 0 Å². The minimum atomic E-state index is -2.11. The van der Waals surface area contributed by atoms with E-state index in [4.69, 9.17) is 5.11 Å². The van der Waals surface area contributed by atoms with Gasteiger partial charge >= 0.3 is 0 Å². The van der Waals surface area contributed by atoms with Gasteiger partial charge in [0.2, 0.25) is 0 Å². The zero-order valence-corrected chi connectivity index (χ0v) is 11.1. The van der Waals surface area contributed by atoms with Crippen LogP contribution in [0.15, 0.2) is 24.3 Å². The van der Waals surface area contributed by atoms with Crippen LogP contribution >= 0.6 is 0 Å². The Morgan fingerprint density at radius 1 is 1.15 bits per heavy atom. The molecule has 0 bridgehead atoms. The Balaban J connectivity index is 2.46. The van der Waals surface area contributed by atoms with Gasteiger partial charge in [-0.3, -0.25) is 0 Å². The van der Waals surface area contributed by atoms with Crippen molar-refractivity contribution in [2.75, 3.05) is 13.2 Å². The molecule has 6 N–H and O–H groups in total. The number of aryl methyl sites for hydroxylation is 1. The van der Waals surface area contributed by atoms with E-state index in [1.807, 2.05) is 6.92 Å². The Morgan fingerprint density at radius 3 is 2.15 bits per heavy atom. The lowest BCUT2D eigenvalue weighted by Gasteiger charge is -2.61. The van der Waals surface area contributed by atoms with Crippen LogP contribution in [0.2, 0.25) is 0 Å². The van der Waals surface area contributed by atoms with Crippen molar-refractivity contribution in [2.24, 2.45) is 0 Å². The van der Waals surface area contributed by atoms with Crippen molar-refractivity contribution in [3.63, 3.8) is 0 Å². The molecule has 20 heavy (non-hydrogen) atoms. The fourth-order valence-corrected chi connectivity index (χ4v) is 3.03. The van der Waals surface area contributed by atoms with Crippen LogP contribution < -0.4 is 0 Å². The Kier molecular flexibility index (Phi) is 3.90. The van der Waals surface area contributed by atoms with E-state index in [2.05, 4.69) is 0 Å². The molecule has 6 nitrogen and oxygen atoms in total. The third-order valence-corrected chi connectivity index (χ3v) is 4.24. The largest absolute Gasteiger partial charge is 0.394 e. The highest BCUT2D eigenvalue weighted by Gasteiger charge is 2.73. The van der Waals surface area contributed by atoms with E-state index in [1.165, 1.54) is 0 Å². The number of aliphatic hydroxyl groups excluding tert-OH is 4. The van der Waals surface area contributed by atoms with Crippen molar-refractivity contribution >= 4 is 0 Å². The van der Waals surface area contributed by atoms with E-state index >= 15 is 0 Å². The van der Waals surface area contributed by atoms with E-state index in [0.717, 1.165) is 5.56 Å². The van der Waals surface area contributed by atoms with Crippen LogP contribution in [0.5, 0.6) is 0 Å². The molecule has 1 aliphatic carbocycles. The predicted octanol–water partition coefficient (Wildman–Crippen LogP) is -1.74. The van der Waals surface area contributed by atoms with Gasteiger partial charge in [-0.1, -0.05) is 29.8 Å². The van der Waals surface area contributed by atoms with E-state index in [-0.39, 0.29) is 0 Å². The lowest BCUT2D eigenvalue weighted by molar-refractivity contribution is -0.327. The van der Waals surface area contributed by atoms with Crippen LogP contribution in [0.1, 0.15) is 17.0 Å². The van der Waals surface area contributed by atoms with Gasteiger partial charge in [0, 0.05) is 0 Å². The van der Waals surface area contributed by atoms with Crippen molar-refractivity contribution in [3.05, 3.63) is 35.4 Å². The molecule has 112 valence electrons. The number of rotatable bonds is 4. The highest BCUT2D eigenvalue weighted by molar-refractivity contribution is 5.39. The van der Waals surface area contributed by atoms with Gasteiger partial charge in [-0.2, -0.15) is 0 Å². The highest BCUT2D eigenvalue weighted by Crippen LogP contribution is 2.55. The second-order valence-electron chi connectivity index (χ2n) is 5.48. The van der Waals surface area contributed by atoms with Gasteiger partial charge in [0.25, 0.3) is 0 Å². The molecular weight excluding hydrogens is 264 g/mol. The van der Waals surface area contributed by atoms with Crippen LogP contribution in [-0.2, 0) is 0 Å². The Labute approximate surface area is 116 Å². The van der Waals surface area contributed by atoms with Crippen LogP contribution in [0.4, 0.5) is 0 Å². The lowest BCUT2D eigenvalue weighted by Crippen LogP contribution is -2.81. The Bertz CT molecular complexity index is 475. The van der Waals surface area contributed by atoms with Gasteiger partial charge in [-0.05, 0) is 12.5 Å². The highest BCUT2D eigenvalue weighted by atomic mass is 16.4. The van der Waals surface area contributed by atoms with Gasteiger partial charge in [0.15, 0.2) is 0 Å². The Morgan fingerprint density at radius 2 is 1.70 bits per heavy atom. The summed E-state index contributed by atoms with van der Waals surface area (Å²) in [5, 5.41) is 58.8. The second-order valence-corrected chi connectivity index (χ2v) is 5.48. The molecule has 5 atom stereocenters. The third kappa shape index (κ3) is 1.88. The number of hydrogen-bond donors (Lipinski definition) is 6. The number of benzene rings is 1. The van der Waals surface area contributed by atoms with E-state index in [1.54, 1.807) is 24.3 Å². The molecule has 1 aromatic carbocycles. The molecule has 1 unspecified atom stereocenters. The minimum Gasteiger partial charge on any atom is -0.394 e. The molecule has 2 rings (SSSR count). The zero-order chi connectivity index (χ0) is 15.1. The minimum absolute atomic E-state index is 0.465. The normalized spacial score (nSPS) is 38.4. The van der Waals surface area contributed by atoms with Crippen molar-refractivity contribution < 1.29 is 30.6 Å². The SMILES string of the molecule is Cc1ccc(C2[C@@](O)([C@H](O)CO)[C@H](O)[C@@]2(O)CO)cc1. The molecule has 0 aliphatic heterocycles. The summed E-state index contributed by atoms with van der Waals surface area (Å²) in [4.78, 5) is 0. The summed E-state index contributed by atoms with van der Waals surface area (Å²) in [6.45, 7) is 0.330. The maximum Gasteiger partial charge on any atom is 0.131 e. The zero-order valence-electron chi connectivity index (χ0n) is 11.1. The van der Waals surface area contributed by atoms with Gasteiger partial charge in [0.1, 0.15) is 23.4 Å². The summed E-state index contributed by atoms with van der Waals surface area (Å²) in [6.07, 6.45) is -3.39. The summed E-state index contributed by atoms with van der Waals surface area (Å²) in [6, 6.07) is 6.79.